The molecule has 0 aromatic carbocycles. The lowest BCUT2D eigenvalue weighted by Gasteiger charge is -2.18. The summed E-state index contributed by atoms with van der Waals surface area (Å²) < 4.78 is 1.18. The molecule has 0 unspecified atom stereocenters. The molecule has 2 rings (SSSR count). The molecule has 0 amide bonds. The zero-order valence-corrected chi connectivity index (χ0v) is 16.4. The summed E-state index contributed by atoms with van der Waals surface area (Å²) in [5, 5.41) is 6.53. The number of hydrogen-bond donors (Lipinski definition) is 1. The lowest BCUT2D eigenvalue weighted by atomic mass is 9.91. The van der Waals surface area contributed by atoms with E-state index in [0.29, 0.717) is 0 Å². The predicted octanol–water partition coefficient (Wildman–Crippen LogP) is 4.62. The fraction of sp³-hybridized carbons (Fsp3) is 0.533. The fourth-order valence-corrected chi connectivity index (χ4v) is 4.58. The van der Waals surface area contributed by atoms with E-state index < -0.39 is 0 Å². The van der Waals surface area contributed by atoms with Crippen molar-refractivity contribution in [1.82, 2.24) is 10.3 Å². The number of nitrogens with one attached hydrogen (secondary N) is 1. The topological polar surface area (TPSA) is 28.2 Å². The van der Waals surface area contributed by atoms with Gasteiger partial charge >= 0.3 is 0 Å². The van der Waals surface area contributed by atoms with Crippen molar-refractivity contribution < 1.29 is 0 Å². The lowest BCUT2D eigenvalue weighted by molar-refractivity contribution is 0.563. The third-order valence-electron chi connectivity index (χ3n) is 3.10. The van der Waals surface area contributed by atoms with Crippen LogP contribution in [0.1, 0.15) is 36.9 Å². The zero-order chi connectivity index (χ0) is 15.6. The minimum absolute atomic E-state index is 0.0766. The van der Waals surface area contributed by atoms with Crippen LogP contribution < -0.4 is 10.2 Å². The molecule has 0 fully saturated rings. The minimum Gasteiger partial charge on any atom is -0.347 e. The van der Waals surface area contributed by atoms with E-state index in [2.05, 4.69) is 65.4 Å². The van der Waals surface area contributed by atoms with Crippen molar-refractivity contribution in [2.75, 3.05) is 19.0 Å². The summed E-state index contributed by atoms with van der Waals surface area (Å²) in [5.41, 5.74) is 2.60. The van der Waals surface area contributed by atoms with E-state index in [9.17, 15) is 0 Å². The van der Waals surface area contributed by atoms with Crippen LogP contribution in [0.25, 0.3) is 0 Å². The van der Waals surface area contributed by atoms with Gasteiger partial charge in [-0.2, -0.15) is 0 Å². The van der Waals surface area contributed by atoms with Gasteiger partial charge < -0.3 is 10.2 Å². The number of thiophene rings is 1. The Morgan fingerprint density at radius 1 is 1.38 bits per heavy atom. The van der Waals surface area contributed by atoms with Gasteiger partial charge in [0.05, 0.1) is 9.48 Å². The molecule has 21 heavy (non-hydrogen) atoms. The maximum atomic E-state index is 4.90. The van der Waals surface area contributed by atoms with Crippen molar-refractivity contribution >= 4 is 43.7 Å². The first-order valence-corrected chi connectivity index (χ1v) is 9.39. The molecule has 0 aliphatic carbocycles. The molecular weight excluding hydrogens is 366 g/mol. The first-order chi connectivity index (χ1) is 9.81. The Labute approximate surface area is 143 Å². The van der Waals surface area contributed by atoms with E-state index in [-0.39, 0.29) is 5.41 Å². The molecule has 1 N–H and O–H groups in total. The zero-order valence-electron chi connectivity index (χ0n) is 13.2. The second kappa shape index (κ2) is 6.77. The van der Waals surface area contributed by atoms with Crippen molar-refractivity contribution in [3.63, 3.8) is 0 Å². The molecule has 2 aromatic heterocycles. The number of anilines is 1. The average molecular weight is 388 g/mol. The van der Waals surface area contributed by atoms with Crippen molar-refractivity contribution in [2.24, 2.45) is 0 Å². The molecule has 6 heteroatoms. The summed E-state index contributed by atoms with van der Waals surface area (Å²) in [6, 6.07) is 2.17. The second-order valence-corrected chi connectivity index (χ2v) is 9.52. The number of nitrogens with zero attached hydrogens (tertiary/aromatic N) is 2. The van der Waals surface area contributed by atoms with E-state index in [1.807, 2.05) is 7.05 Å². The van der Waals surface area contributed by atoms with Gasteiger partial charge in [-0.05, 0) is 40.0 Å². The highest BCUT2D eigenvalue weighted by Gasteiger charge is 2.24. The van der Waals surface area contributed by atoms with Crippen LogP contribution in [0.2, 0.25) is 0 Å². The predicted molar refractivity (Wildman–Crippen MR) is 97.7 cm³/mol. The molecule has 116 valence electrons. The molecule has 2 aromatic rings. The van der Waals surface area contributed by atoms with E-state index >= 15 is 0 Å². The highest BCUT2D eigenvalue weighted by atomic mass is 79.9. The monoisotopic (exact) mass is 387 g/mol. The Morgan fingerprint density at radius 2 is 2.10 bits per heavy atom. The summed E-state index contributed by atoms with van der Waals surface area (Å²) in [6.07, 6.45) is 0. The largest absolute Gasteiger partial charge is 0.347 e. The number of hydrogen-bond acceptors (Lipinski definition) is 5. The smallest absolute Gasteiger partial charge is 0.185 e. The van der Waals surface area contributed by atoms with Crippen LogP contribution in [0.4, 0.5) is 5.13 Å². The van der Waals surface area contributed by atoms with Crippen molar-refractivity contribution in [2.45, 2.75) is 39.3 Å². The van der Waals surface area contributed by atoms with Crippen LogP contribution in [-0.2, 0) is 18.5 Å². The van der Waals surface area contributed by atoms with E-state index in [0.717, 1.165) is 18.2 Å². The number of thiazole rings is 1. The Balaban J connectivity index is 2.22. The second-order valence-electron chi connectivity index (χ2n) is 6.16. The SMILES string of the molecule is CNCc1sc(N(C)Cc2csc(Br)c2)nc1C(C)(C)C. The maximum Gasteiger partial charge on any atom is 0.185 e. The van der Waals surface area contributed by atoms with Gasteiger partial charge in [0.15, 0.2) is 5.13 Å². The van der Waals surface area contributed by atoms with Gasteiger partial charge in [-0.15, -0.1) is 22.7 Å². The summed E-state index contributed by atoms with van der Waals surface area (Å²) in [7, 11) is 4.10. The summed E-state index contributed by atoms with van der Waals surface area (Å²) >= 11 is 7.03. The number of aromatic nitrogens is 1. The van der Waals surface area contributed by atoms with Gasteiger partial charge in [-0.1, -0.05) is 20.8 Å². The van der Waals surface area contributed by atoms with Crippen LogP contribution in [0.15, 0.2) is 15.2 Å². The maximum absolute atomic E-state index is 4.90. The van der Waals surface area contributed by atoms with Gasteiger partial charge in [-0.25, -0.2) is 4.98 Å². The lowest BCUT2D eigenvalue weighted by Crippen LogP contribution is -2.18. The van der Waals surface area contributed by atoms with Crippen LogP contribution in [0.3, 0.4) is 0 Å². The van der Waals surface area contributed by atoms with Gasteiger partial charge in [0.2, 0.25) is 0 Å². The molecule has 3 nitrogen and oxygen atoms in total. The summed E-state index contributed by atoms with van der Waals surface area (Å²) in [5.74, 6) is 0. The van der Waals surface area contributed by atoms with E-state index in [1.165, 1.54) is 19.9 Å². The van der Waals surface area contributed by atoms with Crippen molar-refractivity contribution in [3.8, 4) is 0 Å². The third kappa shape index (κ3) is 4.28. The van der Waals surface area contributed by atoms with Crippen LogP contribution >= 0.6 is 38.6 Å². The normalized spacial score (nSPS) is 11.9. The molecule has 0 aliphatic heterocycles. The highest BCUT2D eigenvalue weighted by Crippen LogP contribution is 2.34. The third-order valence-corrected chi connectivity index (χ3v) is 5.82. The van der Waals surface area contributed by atoms with Crippen LogP contribution in [0.5, 0.6) is 0 Å². The molecule has 0 aliphatic rings. The summed E-state index contributed by atoms with van der Waals surface area (Å²) in [4.78, 5) is 8.46. The molecule has 0 radical (unpaired) electrons. The fourth-order valence-electron chi connectivity index (χ4n) is 2.14. The molecule has 0 bridgehead atoms. The standard InChI is InChI=1S/C15H22BrN3S2/c1-15(2,3)13-11(7-17-4)21-14(18-13)19(5)8-10-6-12(16)20-9-10/h6,9,17H,7-8H2,1-5H3. The van der Waals surface area contributed by atoms with Gasteiger partial charge in [-0.3, -0.25) is 0 Å². The molecule has 0 saturated carbocycles. The van der Waals surface area contributed by atoms with Crippen LogP contribution in [-0.4, -0.2) is 19.1 Å². The number of rotatable bonds is 5. The molecule has 0 saturated heterocycles. The number of halogens is 1. The van der Waals surface area contributed by atoms with E-state index in [4.69, 9.17) is 4.98 Å². The molecule has 0 spiro atoms. The van der Waals surface area contributed by atoms with Gasteiger partial charge in [0, 0.05) is 30.4 Å². The molecular formula is C15H22BrN3S2. The van der Waals surface area contributed by atoms with Crippen molar-refractivity contribution in [1.29, 1.82) is 0 Å². The van der Waals surface area contributed by atoms with Crippen LogP contribution in [0, 0.1) is 0 Å². The first kappa shape index (κ1) is 16.9. The molecule has 2 heterocycles. The van der Waals surface area contributed by atoms with Crippen molar-refractivity contribution in [3.05, 3.63) is 31.4 Å². The summed E-state index contributed by atoms with van der Waals surface area (Å²) in [6.45, 7) is 8.43. The highest BCUT2D eigenvalue weighted by molar-refractivity contribution is 9.11. The Hall–Kier alpha value is -0.430. The van der Waals surface area contributed by atoms with Gasteiger partial charge in [0.1, 0.15) is 0 Å². The quantitative estimate of drug-likeness (QED) is 0.810. The molecule has 0 atom stereocenters. The Kier molecular flexibility index (Phi) is 5.46. The average Bonchev–Trinajstić information content (AvgIpc) is 2.96. The van der Waals surface area contributed by atoms with E-state index in [1.54, 1.807) is 22.7 Å². The van der Waals surface area contributed by atoms with Gasteiger partial charge in [0.25, 0.3) is 0 Å². The minimum atomic E-state index is 0.0766. The first-order valence-electron chi connectivity index (χ1n) is 6.90. The Bertz CT molecular complexity index is 598. The Morgan fingerprint density at radius 3 is 2.62 bits per heavy atom.